The van der Waals surface area contributed by atoms with Gasteiger partial charge in [-0.15, -0.1) is 0 Å². The maximum atomic E-state index is 5.71. The van der Waals surface area contributed by atoms with Crippen LogP contribution in [0.4, 0.5) is 11.4 Å². The van der Waals surface area contributed by atoms with Crippen molar-refractivity contribution in [3.05, 3.63) is 33.4 Å². The second kappa shape index (κ2) is 5.57. The van der Waals surface area contributed by atoms with E-state index in [1.165, 1.54) is 34.9 Å². The highest BCUT2D eigenvalue weighted by molar-refractivity contribution is 14.1. The lowest BCUT2D eigenvalue weighted by Gasteiger charge is -2.09. The fourth-order valence-corrected chi connectivity index (χ4v) is 2.73. The van der Waals surface area contributed by atoms with E-state index in [2.05, 4.69) is 40.1 Å². The maximum absolute atomic E-state index is 5.71. The lowest BCUT2D eigenvalue weighted by Crippen LogP contribution is -2.04. The van der Waals surface area contributed by atoms with Crippen LogP contribution in [0, 0.1) is 3.57 Å². The summed E-state index contributed by atoms with van der Waals surface area (Å²) in [5.41, 5.74) is 9.34. The molecule has 0 saturated carbocycles. The van der Waals surface area contributed by atoms with Gasteiger partial charge in [0.2, 0.25) is 0 Å². The van der Waals surface area contributed by atoms with Crippen molar-refractivity contribution in [2.24, 2.45) is 0 Å². The van der Waals surface area contributed by atoms with E-state index in [0.29, 0.717) is 0 Å². The number of nitrogen functional groups attached to an aromatic ring is 1. The molecule has 0 heterocycles. The normalized spacial score (nSPS) is 14.9. The summed E-state index contributed by atoms with van der Waals surface area (Å²) in [7, 11) is 0. The SMILES string of the molecule is Nc1ccc(NCCC2=CCCC2)c(I)c1. The van der Waals surface area contributed by atoms with Gasteiger partial charge in [0.25, 0.3) is 0 Å². The van der Waals surface area contributed by atoms with Crippen molar-refractivity contribution >= 4 is 34.0 Å². The number of benzene rings is 1. The number of nitrogens with two attached hydrogens (primary N) is 1. The Morgan fingerprint density at radius 3 is 2.94 bits per heavy atom. The average molecular weight is 328 g/mol. The van der Waals surface area contributed by atoms with Gasteiger partial charge in [0.1, 0.15) is 0 Å². The van der Waals surface area contributed by atoms with Crippen molar-refractivity contribution in [2.45, 2.75) is 25.7 Å². The molecule has 3 heteroatoms. The van der Waals surface area contributed by atoms with Gasteiger partial charge in [0, 0.05) is 21.5 Å². The third-order valence-electron chi connectivity index (χ3n) is 2.89. The zero-order valence-corrected chi connectivity index (χ0v) is 11.5. The van der Waals surface area contributed by atoms with Crippen LogP contribution in [-0.4, -0.2) is 6.54 Å². The monoisotopic (exact) mass is 328 g/mol. The Balaban J connectivity index is 1.84. The summed E-state index contributed by atoms with van der Waals surface area (Å²) in [5.74, 6) is 0. The lowest BCUT2D eigenvalue weighted by molar-refractivity contribution is 0.863. The Labute approximate surface area is 110 Å². The summed E-state index contributed by atoms with van der Waals surface area (Å²) >= 11 is 2.32. The number of rotatable bonds is 4. The largest absolute Gasteiger partial charge is 0.399 e. The van der Waals surface area contributed by atoms with Gasteiger partial charge in [-0.05, 0) is 66.5 Å². The van der Waals surface area contributed by atoms with Crippen LogP contribution in [0.5, 0.6) is 0 Å². The second-order valence-corrected chi connectivity index (χ2v) is 5.33. The van der Waals surface area contributed by atoms with E-state index in [9.17, 15) is 0 Å². The Bertz CT molecular complexity index is 399. The molecule has 0 bridgehead atoms. The summed E-state index contributed by atoms with van der Waals surface area (Å²) in [6, 6.07) is 6.00. The maximum Gasteiger partial charge on any atom is 0.0477 e. The molecule has 0 unspecified atom stereocenters. The number of anilines is 2. The molecular formula is C13H17IN2. The molecule has 0 spiro atoms. The molecule has 3 N–H and O–H groups in total. The summed E-state index contributed by atoms with van der Waals surface area (Å²) in [4.78, 5) is 0. The van der Waals surface area contributed by atoms with Gasteiger partial charge in [0.15, 0.2) is 0 Å². The average Bonchev–Trinajstić information content (AvgIpc) is 2.74. The molecule has 86 valence electrons. The molecule has 0 aromatic heterocycles. The first-order chi connectivity index (χ1) is 7.75. The van der Waals surface area contributed by atoms with Crippen LogP contribution in [0.3, 0.4) is 0 Å². The first-order valence-electron chi connectivity index (χ1n) is 5.72. The van der Waals surface area contributed by atoms with Gasteiger partial charge in [-0.2, -0.15) is 0 Å². The van der Waals surface area contributed by atoms with Gasteiger partial charge < -0.3 is 11.1 Å². The van der Waals surface area contributed by atoms with Crippen LogP contribution in [0.2, 0.25) is 0 Å². The number of halogens is 1. The minimum Gasteiger partial charge on any atom is -0.399 e. The quantitative estimate of drug-likeness (QED) is 0.501. The lowest BCUT2D eigenvalue weighted by atomic mass is 10.1. The van der Waals surface area contributed by atoms with Crippen LogP contribution >= 0.6 is 22.6 Å². The highest BCUT2D eigenvalue weighted by Crippen LogP contribution is 2.23. The second-order valence-electron chi connectivity index (χ2n) is 4.17. The Morgan fingerprint density at radius 2 is 2.25 bits per heavy atom. The number of nitrogens with one attached hydrogen (secondary N) is 1. The van der Waals surface area contributed by atoms with Crippen LogP contribution in [0.1, 0.15) is 25.7 Å². The fraction of sp³-hybridized carbons (Fsp3) is 0.385. The highest BCUT2D eigenvalue weighted by Gasteiger charge is 2.04. The van der Waals surface area contributed by atoms with E-state index < -0.39 is 0 Å². The number of allylic oxidation sites excluding steroid dienone is 1. The molecule has 0 fully saturated rings. The third-order valence-corrected chi connectivity index (χ3v) is 3.78. The summed E-state index contributed by atoms with van der Waals surface area (Å²) < 4.78 is 1.19. The van der Waals surface area contributed by atoms with Crippen molar-refractivity contribution in [3.8, 4) is 0 Å². The first-order valence-corrected chi connectivity index (χ1v) is 6.80. The Hall–Kier alpha value is -0.710. The Morgan fingerprint density at radius 1 is 1.38 bits per heavy atom. The molecule has 1 aromatic rings. The smallest absolute Gasteiger partial charge is 0.0477 e. The summed E-state index contributed by atoms with van der Waals surface area (Å²) in [6.07, 6.45) is 7.46. The van der Waals surface area contributed by atoms with E-state index in [4.69, 9.17) is 5.73 Å². The molecule has 16 heavy (non-hydrogen) atoms. The van der Waals surface area contributed by atoms with Crippen LogP contribution < -0.4 is 11.1 Å². The molecule has 1 aliphatic rings. The minimum absolute atomic E-state index is 0.827. The molecule has 1 aliphatic carbocycles. The van der Waals surface area contributed by atoms with Crippen LogP contribution in [0.25, 0.3) is 0 Å². The van der Waals surface area contributed by atoms with E-state index in [1.54, 1.807) is 5.57 Å². The molecular weight excluding hydrogens is 311 g/mol. The van der Waals surface area contributed by atoms with Gasteiger partial charge in [0.05, 0.1) is 0 Å². The molecule has 0 aliphatic heterocycles. The van der Waals surface area contributed by atoms with Gasteiger partial charge in [-0.3, -0.25) is 0 Å². The predicted octanol–water partition coefficient (Wildman–Crippen LogP) is 3.79. The molecule has 1 aromatic carbocycles. The fourth-order valence-electron chi connectivity index (χ4n) is 2.00. The van der Waals surface area contributed by atoms with Gasteiger partial charge >= 0.3 is 0 Å². The molecule has 2 rings (SSSR count). The zero-order valence-electron chi connectivity index (χ0n) is 9.30. The highest BCUT2D eigenvalue weighted by atomic mass is 127. The molecule has 0 saturated heterocycles. The van der Waals surface area contributed by atoms with E-state index in [0.717, 1.165) is 12.2 Å². The van der Waals surface area contributed by atoms with Gasteiger partial charge in [-0.25, -0.2) is 0 Å². The zero-order chi connectivity index (χ0) is 11.4. The number of hydrogen-bond donors (Lipinski definition) is 2. The van der Waals surface area contributed by atoms with Crippen molar-refractivity contribution < 1.29 is 0 Å². The number of hydrogen-bond acceptors (Lipinski definition) is 2. The van der Waals surface area contributed by atoms with Crippen LogP contribution in [0.15, 0.2) is 29.8 Å². The van der Waals surface area contributed by atoms with Crippen molar-refractivity contribution in [2.75, 3.05) is 17.6 Å². The van der Waals surface area contributed by atoms with Gasteiger partial charge in [-0.1, -0.05) is 11.6 Å². The van der Waals surface area contributed by atoms with E-state index >= 15 is 0 Å². The van der Waals surface area contributed by atoms with E-state index in [-0.39, 0.29) is 0 Å². The Kier molecular flexibility index (Phi) is 4.09. The minimum atomic E-state index is 0.827. The molecule has 0 amide bonds. The predicted molar refractivity (Wildman–Crippen MR) is 78.6 cm³/mol. The summed E-state index contributed by atoms with van der Waals surface area (Å²) in [5, 5.41) is 3.46. The van der Waals surface area contributed by atoms with Crippen LogP contribution in [-0.2, 0) is 0 Å². The molecule has 0 radical (unpaired) electrons. The first kappa shape index (κ1) is 11.8. The topological polar surface area (TPSA) is 38.0 Å². The van der Waals surface area contributed by atoms with E-state index in [1.807, 2.05) is 12.1 Å². The summed E-state index contributed by atoms with van der Waals surface area (Å²) in [6.45, 7) is 1.02. The standard InChI is InChI=1S/C13H17IN2/c14-12-9-11(15)5-6-13(12)16-8-7-10-3-1-2-4-10/h3,5-6,9,16H,1-2,4,7-8,15H2. The van der Waals surface area contributed by atoms with Crippen molar-refractivity contribution in [1.29, 1.82) is 0 Å². The van der Waals surface area contributed by atoms with Crippen molar-refractivity contribution in [1.82, 2.24) is 0 Å². The van der Waals surface area contributed by atoms with Crippen molar-refractivity contribution in [3.63, 3.8) is 0 Å². The molecule has 2 nitrogen and oxygen atoms in total. The molecule has 0 atom stereocenters. The third kappa shape index (κ3) is 3.14.